The van der Waals surface area contributed by atoms with Crippen molar-refractivity contribution >= 4 is 11.9 Å². The Morgan fingerprint density at radius 1 is 1.32 bits per heavy atom. The van der Waals surface area contributed by atoms with E-state index < -0.39 is 23.7 Å². The summed E-state index contributed by atoms with van der Waals surface area (Å²) in [5, 5.41) is 9.49. The van der Waals surface area contributed by atoms with Crippen LogP contribution >= 0.6 is 0 Å². The third kappa shape index (κ3) is 4.94. The lowest BCUT2D eigenvalue weighted by Gasteiger charge is -2.31. The highest BCUT2D eigenvalue weighted by Gasteiger charge is 2.40. The van der Waals surface area contributed by atoms with Crippen LogP contribution in [0.5, 0.6) is 5.75 Å². The van der Waals surface area contributed by atoms with E-state index in [0.29, 0.717) is 25.3 Å². The van der Waals surface area contributed by atoms with Crippen LogP contribution in [0.1, 0.15) is 81.1 Å². The Balaban J connectivity index is 1.88. The molecule has 170 valence electrons. The average Bonchev–Trinajstić information content (AvgIpc) is 3.51. The summed E-state index contributed by atoms with van der Waals surface area (Å²) in [5.41, 5.74) is 0.745. The lowest BCUT2D eigenvalue weighted by atomic mass is 9.80. The predicted octanol–water partition coefficient (Wildman–Crippen LogP) is 5.40. The highest BCUT2D eigenvalue weighted by Crippen LogP contribution is 2.46. The predicted molar refractivity (Wildman–Crippen MR) is 118 cm³/mol. The lowest BCUT2D eigenvalue weighted by Crippen LogP contribution is -2.40. The smallest absolute Gasteiger partial charge is 0.326 e. The first kappa shape index (κ1) is 23.3. The van der Waals surface area contributed by atoms with Gasteiger partial charge in [0.05, 0.1) is 12.2 Å². The number of rotatable bonds is 10. The van der Waals surface area contributed by atoms with Crippen molar-refractivity contribution < 1.29 is 23.8 Å². The van der Waals surface area contributed by atoms with Crippen molar-refractivity contribution in [3.8, 4) is 5.75 Å². The van der Waals surface area contributed by atoms with E-state index in [1.54, 1.807) is 6.07 Å². The molecule has 0 aromatic heterocycles. The number of nitrogens with zero attached hydrogens (tertiary/aromatic N) is 1. The van der Waals surface area contributed by atoms with Gasteiger partial charge in [0.15, 0.2) is 0 Å². The number of halogens is 1. The summed E-state index contributed by atoms with van der Waals surface area (Å²) in [6, 6.07) is 2.01. The van der Waals surface area contributed by atoms with Gasteiger partial charge in [0.1, 0.15) is 17.6 Å². The normalized spacial score (nSPS) is 21.2. The van der Waals surface area contributed by atoms with Crippen LogP contribution in [-0.4, -0.2) is 41.1 Å². The molecule has 1 aromatic rings. The molecule has 0 bridgehead atoms. The highest BCUT2D eigenvalue weighted by molar-refractivity contribution is 5.97. The summed E-state index contributed by atoms with van der Waals surface area (Å²) >= 11 is 0. The van der Waals surface area contributed by atoms with Crippen molar-refractivity contribution in [2.75, 3.05) is 13.2 Å². The Hall–Kier alpha value is -2.37. The van der Waals surface area contributed by atoms with Crippen molar-refractivity contribution in [1.82, 2.24) is 4.90 Å². The summed E-state index contributed by atoms with van der Waals surface area (Å²) in [6.45, 7) is 10.8. The lowest BCUT2D eigenvalue weighted by molar-refractivity contribution is -0.141. The molecule has 0 unspecified atom stereocenters. The zero-order valence-electron chi connectivity index (χ0n) is 18.8. The van der Waals surface area contributed by atoms with Gasteiger partial charge in [-0.3, -0.25) is 4.79 Å². The molecule has 1 saturated heterocycles. The number of hydrogen-bond donors (Lipinski definition) is 1. The Kier molecular flexibility index (Phi) is 7.07. The first-order valence-electron chi connectivity index (χ1n) is 11.4. The van der Waals surface area contributed by atoms with Gasteiger partial charge in [-0.25, -0.2) is 9.18 Å². The van der Waals surface area contributed by atoms with Crippen molar-refractivity contribution in [3.05, 3.63) is 41.7 Å². The van der Waals surface area contributed by atoms with E-state index in [1.165, 1.54) is 11.0 Å². The number of allylic oxidation sites excluding steroid dienone is 1. The number of carbonyl (C=O) groups is 2. The fraction of sp³-hybridized carbons (Fsp3) is 0.600. The van der Waals surface area contributed by atoms with Crippen LogP contribution in [-0.2, 0) is 4.79 Å². The molecule has 31 heavy (non-hydrogen) atoms. The maximum Gasteiger partial charge on any atom is 0.326 e. The summed E-state index contributed by atoms with van der Waals surface area (Å²) in [4.78, 5) is 26.0. The molecule has 1 N–H and O–H groups in total. The number of aliphatic carboxylic acids is 1. The molecule has 1 saturated carbocycles. The maximum absolute atomic E-state index is 15.1. The first-order valence-corrected chi connectivity index (χ1v) is 11.4. The fourth-order valence-corrected chi connectivity index (χ4v) is 4.57. The fourth-order valence-electron chi connectivity index (χ4n) is 4.57. The molecule has 2 fully saturated rings. The summed E-state index contributed by atoms with van der Waals surface area (Å²) in [6.07, 6.45) is 6.92. The molecular weight excluding hydrogens is 397 g/mol. The molecule has 1 aliphatic heterocycles. The number of likely N-dealkylation sites (tertiary alicyclic amines) is 1. The molecule has 1 heterocycles. The molecule has 2 aliphatic rings. The molecule has 1 amide bonds. The molecule has 0 radical (unpaired) electrons. The van der Waals surface area contributed by atoms with Gasteiger partial charge in [0.25, 0.3) is 5.91 Å². The molecule has 5 nitrogen and oxygen atoms in total. The van der Waals surface area contributed by atoms with Gasteiger partial charge >= 0.3 is 5.97 Å². The third-order valence-electron chi connectivity index (χ3n) is 7.01. The van der Waals surface area contributed by atoms with Crippen molar-refractivity contribution in [1.29, 1.82) is 0 Å². The molecule has 1 aliphatic carbocycles. The molecule has 3 rings (SSSR count). The van der Waals surface area contributed by atoms with E-state index >= 15 is 4.39 Å². The quantitative estimate of drug-likeness (QED) is 0.504. The highest BCUT2D eigenvalue weighted by atomic mass is 19.1. The van der Waals surface area contributed by atoms with Gasteiger partial charge in [0, 0.05) is 18.0 Å². The van der Waals surface area contributed by atoms with Crippen LogP contribution in [0.25, 0.3) is 0 Å². The SMILES string of the molecule is C=CCC(CC)(CC)COc1cc(F)c(C(=O)N2C[C@@H](C)C[C@H]2C(=O)O)cc1C1CC1. The second-order valence-corrected chi connectivity index (χ2v) is 9.29. The second-order valence-electron chi connectivity index (χ2n) is 9.29. The largest absolute Gasteiger partial charge is 0.493 e. The number of benzene rings is 1. The van der Waals surface area contributed by atoms with Gasteiger partial charge < -0.3 is 14.7 Å². The van der Waals surface area contributed by atoms with E-state index in [-0.39, 0.29) is 22.8 Å². The number of ether oxygens (including phenoxy) is 1. The number of hydrogen-bond acceptors (Lipinski definition) is 3. The molecular formula is C25H34FNO4. The monoisotopic (exact) mass is 431 g/mol. The van der Waals surface area contributed by atoms with Crippen molar-refractivity contribution in [2.24, 2.45) is 11.3 Å². The first-order chi connectivity index (χ1) is 14.7. The molecule has 2 atom stereocenters. The minimum Gasteiger partial charge on any atom is -0.493 e. The average molecular weight is 432 g/mol. The zero-order valence-corrected chi connectivity index (χ0v) is 18.8. The van der Waals surface area contributed by atoms with E-state index in [4.69, 9.17) is 4.74 Å². The van der Waals surface area contributed by atoms with Crippen LogP contribution in [0.2, 0.25) is 0 Å². The number of carboxylic acid groups (broad SMARTS) is 1. The van der Waals surface area contributed by atoms with E-state index in [0.717, 1.165) is 37.7 Å². The van der Waals surface area contributed by atoms with E-state index in [2.05, 4.69) is 20.4 Å². The minimum absolute atomic E-state index is 0.0477. The Morgan fingerprint density at radius 2 is 2.00 bits per heavy atom. The topological polar surface area (TPSA) is 66.8 Å². The zero-order chi connectivity index (χ0) is 22.8. The maximum atomic E-state index is 15.1. The molecule has 6 heteroatoms. The van der Waals surface area contributed by atoms with Gasteiger partial charge in [-0.05, 0) is 62.0 Å². The van der Waals surface area contributed by atoms with Crippen LogP contribution in [0.4, 0.5) is 4.39 Å². The Morgan fingerprint density at radius 3 is 2.55 bits per heavy atom. The number of amides is 1. The summed E-state index contributed by atoms with van der Waals surface area (Å²) in [5.74, 6) is -1.43. The Bertz CT molecular complexity index is 844. The van der Waals surface area contributed by atoms with Crippen LogP contribution < -0.4 is 4.74 Å². The van der Waals surface area contributed by atoms with Crippen LogP contribution in [0.15, 0.2) is 24.8 Å². The van der Waals surface area contributed by atoms with E-state index in [9.17, 15) is 14.7 Å². The van der Waals surface area contributed by atoms with Crippen LogP contribution in [0, 0.1) is 17.2 Å². The summed E-state index contributed by atoms with van der Waals surface area (Å²) in [7, 11) is 0. The second kappa shape index (κ2) is 9.41. The summed E-state index contributed by atoms with van der Waals surface area (Å²) < 4.78 is 21.2. The van der Waals surface area contributed by atoms with Gasteiger partial charge in [-0.2, -0.15) is 0 Å². The third-order valence-corrected chi connectivity index (χ3v) is 7.01. The van der Waals surface area contributed by atoms with E-state index in [1.807, 2.05) is 13.0 Å². The minimum atomic E-state index is -1.04. The van der Waals surface area contributed by atoms with Crippen LogP contribution in [0.3, 0.4) is 0 Å². The van der Waals surface area contributed by atoms with Crippen molar-refractivity contribution in [3.63, 3.8) is 0 Å². The molecule has 1 aromatic carbocycles. The molecule has 0 spiro atoms. The standard InChI is InChI=1S/C25H34FNO4/c1-5-10-25(6-2,7-3)15-31-22-13-20(26)19(12-18(22)17-8-9-17)23(28)27-14-16(4)11-21(27)24(29)30/h5,12-13,16-17,21H,1,6-11,14-15H2,2-4H3,(H,29,30)/t16-,21-/m0/s1. The van der Waals surface area contributed by atoms with Gasteiger partial charge in [-0.15, -0.1) is 6.58 Å². The van der Waals surface area contributed by atoms with Crippen molar-refractivity contribution in [2.45, 2.75) is 71.3 Å². The Labute approximate surface area is 184 Å². The van der Waals surface area contributed by atoms with Gasteiger partial charge in [-0.1, -0.05) is 26.8 Å². The number of carbonyl (C=O) groups excluding carboxylic acids is 1. The number of carboxylic acids is 1. The van der Waals surface area contributed by atoms with Gasteiger partial charge in [0.2, 0.25) is 0 Å².